The first-order valence-corrected chi connectivity index (χ1v) is 8.89. The molecule has 4 rings (SSSR count). The summed E-state index contributed by atoms with van der Waals surface area (Å²) in [6, 6.07) is 10.7. The lowest BCUT2D eigenvalue weighted by molar-refractivity contribution is -0.274. The summed E-state index contributed by atoms with van der Waals surface area (Å²) in [5, 5.41) is 14.1. The number of nitrogens with zero attached hydrogens (tertiary/aromatic N) is 4. The van der Waals surface area contributed by atoms with Gasteiger partial charge in [-0.25, -0.2) is 0 Å². The number of likely N-dealkylation sites (tertiary alicyclic amines) is 1. The van der Waals surface area contributed by atoms with E-state index in [2.05, 4.69) is 19.9 Å². The van der Waals surface area contributed by atoms with Gasteiger partial charge in [0.15, 0.2) is 0 Å². The summed E-state index contributed by atoms with van der Waals surface area (Å²) in [6.45, 7) is 0.619. The number of hydrogen-bond donors (Lipinski definition) is 1. The summed E-state index contributed by atoms with van der Waals surface area (Å²) >= 11 is 0. The second kappa shape index (κ2) is 7.80. The third-order valence-electron chi connectivity index (χ3n) is 4.52. The summed E-state index contributed by atoms with van der Waals surface area (Å²) in [4.78, 5) is 10.4. The number of β-amino-alcohol motifs (C(OH)–C–C–N with tert-alkyl or cyclic N) is 1. The quantitative estimate of drug-likeness (QED) is 0.696. The summed E-state index contributed by atoms with van der Waals surface area (Å²) in [5.41, 5.74) is 1.17. The first-order chi connectivity index (χ1) is 13.9. The minimum Gasteiger partial charge on any atom is -0.406 e. The van der Waals surface area contributed by atoms with Gasteiger partial charge >= 0.3 is 6.36 Å². The van der Waals surface area contributed by atoms with Gasteiger partial charge in [0.25, 0.3) is 0 Å². The Kier molecular flexibility index (Phi) is 5.20. The summed E-state index contributed by atoms with van der Waals surface area (Å²) in [5.74, 6) is 0.369. The summed E-state index contributed by atoms with van der Waals surface area (Å²) in [7, 11) is 0. The van der Waals surface area contributed by atoms with Gasteiger partial charge in [0.05, 0.1) is 12.1 Å². The number of aliphatic hydroxyl groups excluding tert-OH is 1. The Bertz CT molecular complexity index is 965. The van der Waals surface area contributed by atoms with Crippen LogP contribution in [0.3, 0.4) is 0 Å². The number of aliphatic hydroxyl groups is 1. The molecule has 29 heavy (non-hydrogen) atoms. The van der Waals surface area contributed by atoms with Crippen molar-refractivity contribution in [2.45, 2.75) is 31.5 Å². The molecule has 0 spiro atoms. The lowest BCUT2D eigenvalue weighted by Gasteiger charge is -2.21. The molecule has 1 aliphatic heterocycles. The molecule has 7 nitrogen and oxygen atoms in total. The summed E-state index contributed by atoms with van der Waals surface area (Å²) < 4.78 is 46.7. The molecular formula is C19H17F3N4O3. The number of alkyl halides is 3. The number of benzene rings is 1. The Hall–Kier alpha value is -2.98. The monoisotopic (exact) mass is 406 g/mol. The predicted octanol–water partition coefficient (Wildman–Crippen LogP) is 3.34. The van der Waals surface area contributed by atoms with Gasteiger partial charge in [0, 0.05) is 19.3 Å². The minimum atomic E-state index is -4.75. The van der Waals surface area contributed by atoms with E-state index in [0.717, 1.165) is 0 Å². The third kappa shape index (κ3) is 4.72. The number of halogens is 3. The summed E-state index contributed by atoms with van der Waals surface area (Å²) in [6.07, 6.45) is -3.37. The van der Waals surface area contributed by atoms with Crippen molar-refractivity contribution in [1.82, 2.24) is 20.0 Å². The molecule has 10 heteroatoms. The predicted molar refractivity (Wildman–Crippen MR) is 94.4 cm³/mol. The standard InChI is InChI=1S/C19H17F3N4O3/c20-19(21,22)28-14-5-3-4-12(8-14)10-26-11-13(27)9-16(26)18-24-17(25-29-18)15-6-1-2-7-23-15/h1-8,13,16,27H,9-11H2. The number of rotatable bonds is 5. The molecule has 1 aromatic carbocycles. The highest BCUT2D eigenvalue weighted by molar-refractivity contribution is 5.47. The lowest BCUT2D eigenvalue weighted by Crippen LogP contribution is -2.24. The minimum absolute atomic E-state index is 0.290. The molecule has 3 aromatic rings. The lowest BCUT2D eigenvalue weighted by atomic mass is 10.1. The van der Waals surface area contributed by atoms with Gasteiger partial charge in [-0.05, 0) is 36.2 Å². The van der Waals surface area contributed by atoms with Crippen molar-refractivity contribution in [2.24, 2.45) is 0 Å². The molecule has 2 atom stereocenters. The molecule has 1 aliphatic rings. The van der Waals surface area contributed by atoms with E-state index in [4.69, 9.17) is 4.52 Å². The first-order valence-electron chi connectivity index (χ1n) is 8.89. The van der Waals surface area contributed by atoms with Crippen LogP contribution in [0.2, 0.25) is 0 Å². The average Bonchev–Trinajstić information content (AvgIpc) is 3.28. The zero-order chi connectivity index (χ0) is 20.4. The van der Waals surface area contributed by atoms with Crippen LogP contribution in [0.25, 0.3) is 11.5 Å². The number of ether oxygens (including phenoxy) is 1. The van der Waals surface area contributed by atoms with Crippen molar-refractivity contribution >= 4 is 0 Å². The van der Waals surface area contributed by atoms with E-state index in [1.54, 1.807) is 30.5 Å². The smallest absolute Gasteiger partial charge is 0.406 e. The van der Waals surface area contributed by atoms with E-state index in [9.17, 15) is 18.3 Å². The molecule has 3 heterocycles. The molecule has 152 valence electrons. The maximum absolute atomic E-state index is 12.5. The zero-order valence-electron chi connectivity index (χ0n) is 15.1. The first kappa shape index (κ1) is 19.3. The Balaban J connectivity index is 1.52. The van der Waals surface area contributed by atoms with Crippen molar-refractivity contribution in [2.75, 3.05) is 6.54 Å². The van der Waals surface area contributed by atoms with Crippen LogP contribution in [0, 0.1) is 0 Å². The number of hydrogen-bond acceptors (Lipinski definition) is 7. The van der Waals surface area contributed by atoms with E-state index >= 15 is 0 Å². The Morgan fingerprint density at radius 1 is 1.21 bits per heavy atom. The molecule has 1 N–H and O–H groups in total. The molecule has 1 fully saturated rings. The Morgan fingerprint density at radius 2 is 2.07 bits per heavy atom. The molecular weight excluding hydrogens is 389 g/mol. The second-order valence-corrected chi connectivity index (χ2v) is 6.70. The van der Waals surface area contributed by atoms with Gasteiger partial charge in [0.1, 0.15) is 11.4 Å². The number of aromatic nitrogens is 3. The van der Waals surface area contributed by atoms with Crippen LogP contribution < -0.4 is 4.74 Å². The van der Waals surface area contributed by atoms with Gasteiger partial charge in [-0.2, -0.15) is 4.98 Å². The van der Waals surface area contributed by atoms with Crippen molar-refractivity contribution in [3.8, 4) is 17.3 Å². The van der Waals surface area contributed by atoms with Gasteiger partial charge in [-0.15, -0.1) is 13.2 Å². The van der Waals surface area contributed by atoms with Crippen LogP contribution in [-0.4, -0.2) is 44.1 Å². The molecule has 1 saturated heterocycles. The van der Waals surface area contributed by atoms with Crippen molar-refractivity contribution in [1.29, 1.82) is 0 Å². The normalized spacial score (nSPS) is 20.1. The van der Waals surface area contributed by atoms with Crippen LogP contribution in [0.15, 0.2) is 53.2 Å². The molecule has 0 aliphatic carbocycles. The van der Waals surface area contributed by atoms with E-state index in [1.807, 2.05) is 4.90 Å². The highest BCUT2D eigenvalue weighted by atomic mass is 19.4. The van der Waals surface area contributed by atoms with Crippen LogP contribution in [0.5, 0.6) is 5.75 Å². The molecule has 0 amide bonds. The fourth-order valence-electron chi connectivity index (χ4n) is 3.36. The van der Waals surface area contributed by atoms with Crippen LogP contribution >= 0.6 is 0 Å². The molecule has 0 bridgehead atoms. The fraction of sp³-hybridized carbons (Fsp3) is 0.316. The Labute approximate surface area is 163 Å². The SMILES string of the molecule is OC1CC(c2nc(-c3ccccn3)no2)N(Cc2cccc(OC(F)(F)F)c2)C1. The maximum atomic E-state index is 12.5. The van der Waals surface area contributed by atoms with E-state index in [-0.39, 0.29) is 18.3 Å². The van der Waals surface area contributed by atoms with Gasteiger partial charge < -0.3 is 14.4 Å². The van der Waals surface area contributed by atoms with Crippen molar-refractivity contribution < 1.29 is 27.5 Å². The molecule has 2 unspecified atom stereocenters. The van der Waals surface area contributed by atoms with Crippen LogP contribution in [0.1, 0.15) is 23.9 Å². The molecule has 0 saturated carbocycles. The average molecular weight is 406 g/mol. The second-order valence-electron chi connectivity index (χ2n) is 6.70. The van der Waals surface area contributed by atoms with Gasteiger partial charge in [-0.3, -0.25) is 9.88 Å². The zero-order valence-corrected chi connectivity index (χ0v) is 15.1. The van der Waals surface area contributed by atoms with Crippen molar-refractivity contribution in [3.63, 3.8) is 0 Å². The van der Waals surface area contributed by atoms with Crippen molar-refractivity contribution in [3.05, 3.63) is 60.1 Å². The van der Waals surface area contributed by atoms with E-state index in [1.165, 1.54) is 18.2 Å². The van der Waals surface area contributed by atoms with Gasteiger partial charge in [-0.1, -0.05) is 23.4 Å². The topological polar surface area (TPSA) is 84.5 Å². The third-order valence-corrected chi connectivity index (χ3v) is 4.52. The maximum Gasteiger partial charge on any atom is 0.573 e. The van der Waals surface area contributed by atoms with E-state index in [0.29, 0.717) is 35.9 Å². The molecule has 2 aromatic heterocycles. The van der Waals surface area contributed by atoms with Gasteiger partial charge in [0.2, 0.25) is 11.7 Å². The highest BCUT2D eigenvalue weighted by Crippen LogP contribution is 2.34. The number of pyridine rings is 1. The Morgan fingerprint density at radius 3 is 2.83 bits per heavy atom. The van der Waals surface area contributed by atoms with Crippen LogP contribution in [0.4, 0.5) is 13.2 Å². The van der Waals surface area contributed by atoms with E-state index < -0.39 is 12.5 Å². The highest BCUT2D eigenvalue weighted by Gasteiger charge is 2.36. The van der Waals surface area contributed by atoms with Crippen LogP contribution in [-0.2, 0) is 6.54 Å². The fourth-order valence-corrected chi connectivity index (χ4v) is 3.36. The molecule has 0 radical (unpaired) electrons. The largest absolute Gasteiger partial charge is 0.573 e.